The van der Waals surface area contributed by atoms with Crippen LogP contribution in [0.4, 0.5) is 18.9 Å². The van der Waals surface area contributed by atoms with E-state index in [0.29, 0.717) is 6.42 Å². The lowest BCUT2D eigenvalue weighted by atomic mass is 10.2. The van der Waals surface area contributed by atoms with Gasteiger partial charge in [0.25, 0.3) is 0 Å². The van der Waals surface area contributed by atoms with Gasteiger partial charge in [-0.15, -0.1) is 22.7 Å². The number of rotatable bonds is 5. The summed E-state index contributed by atoms with van der Waals surface area (Å²) in [6.07, 6.45) is -3.97. The molecule has 0 spiro atoms. The SMILES string of the molecule is O=C(NCCc1ccc(-c2cccs2)s1)C(=O)Nc1cccc(C(F)(F)F)c1. The zero-order valence-electron chi connectivity index (χ0n) is 14.4. The molecule has 0 saturated carbocycles. The van der Waals surface area contributed by atoms with Crippen LogP contribution in [0.1, 0.15) is 10.4 Å². The summed E-state index contributed by atoms with van der Waals surface area (Å²) in [7, 11) is 0. The highest BCUT2D eigenvalue weighted by Gasteiger charge is 2.30. The van der Waals surface area contributed by atoms with E-state index in [4.69, 9.17) is 0 Å². The van der Waals surface area contributed by atoms with E-state index in [9.17, 15) is 22.8 Å². The van der Waals surface area contributed by atoms with Gasteiger partial charge in [-0.2, -0.15) is 13.2 Å². The van der Waals surface area contributed by atoms with Crippen molar-refractivity contribution in [2.24, 2.45) is 0 Å². The number of hydrogen-bond donors (Lipinski definition) is 2. The Hall–Kier alpha value is -2.65. The number of carbonyl (C=O) groups excluding carboxylic acids is 2. The van der Waals surface area contributed by atoms with E-state index < -0.39 is 23.6 Å². The second kappa shape index (κ2) is 8.57. The van der Waals surface area contributed by atoms with Crippen LogP contribution in [0.25, 0.3) is 9.75 Å². The highest BCUT2D eigenvalue weighted by Crippen LogP contribution is 2.32. The average Bonchev–Trinajstić information content (AvgIpc) is 3.32. The number of halogens is 3. The minimum Gasteiger partial charge on any atom is -0.347 e. The largest absolute Gasteiger partial charge is 0.416 e. The van der Waals surface area contributed by atoms with Crippen molar-refractivity contribution >= 4 is 40.2 Å². The van der Waals surface area contributed by atoms with Gasteiger partial charge in [-0.3, -0.25) is 9.59 Å². The van der Waals surface area contributed by atoms with Gasteiger partial charge in [0, 0.05) is 26.9 Å². The van der Waals surface area contributed by atoms with Crippen molar-refractivity contribution in [1.29, 1.82) is 0 Å². The molecular formula is C19H15F3N2O2S2. The predicted molar refractivity (Wildman–Crippen MR) is 104 cm³/mol. The van der Waals surface area contributed by atoms with E-state index in [1.54, 1.807) is 22.7 Å². The first-order valence-corrected chi connectivity index (χ1v) is 9.91. The molecule has 2 aromatic heterocycles. The van der Waals surface area contributed by atoms with E-state index in [1.165, 1.54) is 10.9 Å². The molecule has 0 unspecified atom stereocenters. The molecule has 4 nitrogen and oxygen atoms in total. The summed E-state index contributed by atoms with van der Waals surface area (Å²) < 4.78 is 38.1. The maximum absolute atomic E-state index is 12.7. The molecule has 0 atom stereocenters. The number of carbonyl (C=O) groups is 2. The van der Waals surface area contributed by atoms with E-state index in [0.717, 1.165) is 28.0 Å². The molecule has 3 aromatic rings. The van der Waals surface area contributed by atoms with Crippen LogP contribution in [0.5, 0.6) is 0 Å². The highest BCUT2D eigenvalue weighted by molar-refractivity contribution is 7.21. The summed E-state index contributed by atoms with van der Waals surface area (Å²) in [6.45, 7) is 0.249. The highest BCUT2D eigenvalue weighted by atomic mass is 32.1. The zero-order chi connectivity index (χ0) is 20.1. The van der Waals surface area contributed by atoms with E-state index in [1.807, 2.05) is 29.6 Å². The Labute approximate surface area is 167 Å². The molecule has 0 bridgehead atoms. The zero-order valence-corrected chi connectivity index (χ0v) is 16.0. The fourth-order valence-corrected chi connectivity index (χ4v) is 4.25. The summed E-state index contributed by atoms with van der Waals surface area (Å²) in [5.74, 6) is -1.91. The van der Waals surface area contributed by atoms with Crippen molar-refractivity contribution in [3.8, 4) is 9.75 Å². The molecule has 9 heteroatoms. The smallest absolute Gasteiger partial charge is 0.347 e. The summed E-state index contributed by atoms with van der Waals surface area (Å²) in [5, 5.41) is 6.65. The second-order valence-electron chi connectivity index (χ2n) is 5.78. The first-order chi connectivity index (χ1) is 13.3. The summed E-state index contributed by atoms with van der Waals surface area (Å²) in [6, 6.07) is 12.1. The van der Waals surface area contributed by atoms with Crippen molar-refractivity contribution in [3.63, 3.8) is 0 Å². The van der Waals surface area contributed by atoms with Crippen LogP contribution in [0.15, 0.2) is 53.9 Å². The third-order valence-corrected chi connectivity index (χ3v) is 5.95. The van der Waals surface area contributed by atoms with Crippen LogP contribution in [0, 0.1) is 0 Å². The fraction of sp³-hybridized carbons (Fsp3) is 0.158. The van der Waals surface area contributed by atoms with Crippen molar-refractivity contribution in [3.05, 3.63) is 64.4 Å². The van der Waals surface area contributed by atoms with Crippen LogP contribution >= 0.6 is 22.7 Å². The van der Waals surface area contributed by atoms with Gasteiger partial charge in [-0.25, -0.2) is 0 Å². The Bertz CT molecular complexity index is 966. The average molecular weight is 424 g/mol. The summed E-state index contributed by atoms with van der Waals surface area (Å²) in [5.41, 5.74) is -0.987. The van der Waals surface area contributed by atoms with Crippen molar-refractivity contribution in [2.75, 3.05) is 11.9 Å². The van der Waals surface area contributed by atoms with Crippen molar-refractivity contribution in [1.82, 2.24) is 5.32 Å². The van der Waals surface area contributed by atoms with Crippen molar-refractivity contribution in [2.45, 2.75) is 12.6 Å². The lowest BCUT2D eigenvalue weighted by Crippen LogP contribution is -2.36. The molecule has 0 aliphatic rings. The second-order valence-corrected chi connectivity index (χ2v) is 7.90. The molecule has 2 heterocycles. The van der Waals surface area contributed by atoms with Gasteiger partial charge in [0.2, 0.25) is 0 Å². The Kier molecular flexibility index (Phi) is 6.15. The molecule has 3 rings (SSSR count). The van der Waals surface area contributed by atoms with Crippen LogP contribution in [-0.2, 0) is 22.2 Å². The normalized spacial score (nSPS) is 11.2. The maximum Gasteiger partial charge on any atom is 0.416 e. The number of nitrogens with one attached hydrogen (secondary N) is 2. The Morgan fingerprint density at radius 1 is 0.964 bits per heavy atom. The topological polar surface area (TPSA) is 58.2 Å². The van der Waals surface area contributed by atoms with Gasteiger partial charge in [-0.1, -0.05) is 12.1 Å². The first-order valence-electron chi connectivity index (χ1n) is 8.22. The maximum atomic E-state index is 12.7. The van der Waals surface area contributed by atoms with Gasteiger partial charge in [-0.05, 0) is 48.2 Å². The number of alkyl halides is 3. The molecule has 28 heavy (non-hydrogen) atoms. The lowest BCUT2D eigenvalue weighted by molar-refractivity contribution is -0.137. The number of thiophene rings is 2. The molecule has 2 N–H and O–H groups in total. The van der Waals surface area contributed by atoms with Gasteiger partial charge in [0.1, 0.15) is 0 Å². The third-order valence-electron chi connectivity index (χ3n) is 3.74. The number of amides is 2. The number of anilines is 1. The molecule has 0 fully saturated rings. The van der Waals surface area contributed by atoms with E-state index in [-0.39, 0.29) is 12.2 Å². The predicted octanol–water partition coefficient (Wildman–Crippen LogP) is 4.79. The van der Waals surface area contributed by atoms with E-state index >= 15 is 0 Å². The summed E-state index contributed by atoms with van der Waals surface area (Å²) >= 11 is 3.25. The number of hydrogen-bond acceptors (Lipinski definition) is 4. The van der Waals surface area contributed by atoms with Crippen LogP contribution in [-0.4, -0.2) is 18.4 Å². The minimum absolute atomic E-state index is 0.0891. The molecule has 0 saturated heterocycles. The van der Waals surface area contributed by atoms with Crippen LogP contribution < -0.4 is 10.6 Å². The van der Waals surface area contributed by atoms with E-state index in [2.05, 4.69) is 10.6 Å². The quantitative estimate of drug-likeness (QED) is 0.579. The van der Waals surface area contributed by atoms with Crippen molar-refractivity contribution < 1.29 is 22.8 Å². The standard InChI is InChI=1S/C19H15F3N2O2S2/c20-19(21,22)12-3-1-4-13(11-12)24-18(26)17(25)23-9-8-14-6-7-16(28-14)15-5-2-10-27-15/h1-7,10-11H,8-9H2,(H,23,25)(H,24,26). The summed E-state index contributed by atoms with van der Waals surface area (Å²) in [4.78, 5) is 27.1. The Morgan fingerprint density at radius 2 is 1.79 bits per heavy atom. The lowest BCUT2D eigenvalue weighted by Gasteiger charge is -2.10. The van der Waals surface area contributed by atoms with Gasteiger partial charge in [0.05, 0.1) is 5.56 Å². The minimum atomic E-state index is -4.52. The third kappa shape index (κ3) is 5.20. The van der Waals surface area contributed by atoms with Crippen LogP contribution in [0.2, 0.25) is 0 Å². The van der Waals surface area contributed by atoms with Gasteiger partial charge < -0.3 is 10.6 Å². The molecule has 146 valence electrons. The number of benzene rings is 1. The molecule has 2 amide bonds. The molecule has 0 aliphatic carbocycles. The van der Waals surface area contributed by atoms with Crippen LogP contribution in [0.3, 0.4) is 0 Å². The first kappa shape index (κ1) is 20.1. The fourth-order valence-electron chi connectivity index (χ4n) is 2.40. The monoisotopic (exact) mass is 424 g/mol. The molecular weight excluding hydrogens is 409 g/mol. The molecule has 0 radical (unpaired) electrons. The Balaban J connectivity index is 1.49. The Morgan fingerprint density at radius 3 is 2.50 bits per heavy atom. The molecule has 1 aromatic carbocycles. The van der Waals surface area contributed by atoms with Gasteiger partial charge in [0.15, 0.2) is 0 Å². The molecule has 0 aliphatic heterocycles. The van der Waals surface area contributed by atoms with Gasteiger partial charge >= 0.3 is 18.0 Å².